The van der Waals surface area contributed by atoms with Gasteiger partial charge in [-0.2, -0.15) is 4.72 Å². The van der Waals surface area contributed by atoms with E-state index in [2.05, 4.69) is 4.72 Å². The Labute approximate surface area is 141 Å². The molecular weight excluding hydrogens is 322 g/mol. The summed E-state index contributed by atoms with van der Waals surface area (Å²) in [4.78, 5) is 11.8. The number of rotatable bonds is 5. The topological polar surface area (TPSA) is 63.2 Å². The van der Waals surface area contributed by atoms with Crippen molar-refractivity contribution in [1.29, 1.82) is 0 Å². The zero-order valence-electron chi connectivity index (χ0n) is 13.1. The molecule has 4 nitrogen and oxygen atoms in total. The summed E-state index contributed by atoms with van der Waals surface area (Å²) in [5.41, 5.74) is -0.749. The van der Waals surface area contributed by atoms with E-state index < -0.39 is 15.6 Å². The lowest BCUT2D eigenvalue weighted by molar-refractivity contribution is -0.112. The fourth-order valence-corrected chi connectivity index (χ4v) is 4.27. The summed E-state index contributed by atoms with van der Waals surface area (Å²) in [6.07, 6.45) is 0.616. The number of sulfonamides is 1. The van der Waals surface area contributed by atoms with Crippen LogP contribution in [0.4, 0.5) is 0 Å². The van der Waals surface area contributed by atoms with E-state index >= 15 is 0 Å². The number of hydrogen-bond donors (Lipinski definition) is 1. The number of fused-ring (bicyclic) bond motifs is 1. The molecule has 0 saturated carbocycles. The molecule has 5 heteroatoms. The quantitative estimate of drug-likeness (QED) is 0.726. The van der Waals surface area contributed by atoms with Crippen molar-refractivity contribution in [1.82, 2.24) is 4.72 Å². The second-order valence-electron chi connectivity index (χ2n) is 5.77. The van der Waals surface area contributed by atoms with Gasteiger partial charge in [0.25, 0.3) is 0 Å². The minimum atomic E-state index is -3.89. The van der Waals surface area contributed by atoms with Gasteiger partial charge >= 0.3 is 0 Å². The van der Waals surface area contributed by atoms with E-state index in [1.807, 2.05) is 24.3 Å². The molecule has 0 aliphatic heterocycles. The molecule has 0 saturated heterocycles. The highest BCUT2D eigenvalue weighted by atomic mass is 32.2. The molecule has 3 aromatic carbocycles. The molecule has 0 aromatic heterocycles. The summed E-state index contributed by atoms with van der Waals surface area (Å²) in [7, 11) is -3.89. The van der Waals surface area contributed by atoms with Crippen molar-refractivity contribution in [2.24, 2.45) is 0 Å². The third-order valence-corrected chi connectivity index (χ3v) is 5.62. The molecule has 1 unspecified atom stereocenters. The van der Waals surface area contributed by atoms with E-state index in [4.69, 9.17) is 0 Å². The number of aldehydes is 1. The first-order chi connectivity index (χ1) is 11.5. The van der Waals surface area contributed by atoms with Gasteiger partial charge in [-0.25, -0.2) is 8.42 Å². The molecule has 0 radical (unpaired) electrons. The molecule has 3 rings (SSSR count). The highest BCUT2D eigenvalue weighted by Gasteiger charge is 2.32. The van der Waals surface area contributed by atoms with Gasteiger partial charge in [0.1, 0.15) is 11.8 Å². The Balaban J connectivity index is 2.09. The second-order valence-corrected chi connectivity index (χ2v) is 7.42. The highest BCUT2D eigenvalue weighted by molar-refractivity contribution is 7.89. The van der Waals surface area contributed by atoms with Crippen molar-refractivity contribution in [3.63, 3.8) is 0 Å². The molecule has 0 fully saturated rings. The lowest BCUT2D eigenvalue weighted by atomic mass is 9.95. The zero-order chi connectivity index (χ0) is 17.2. The number of nitrogens with one attached hydrogen (secondary N) is 1. The lowest BCUT2D eigenvalue weighted by Gasteiger charge is -2.25. The first-order valence-electron chi connectivity index (χ1n) is 7.50. The Morgan fingerprint density at radius 2 is 1.50 bits per heavy atom. The molecule has 24 heavy (non-hydrogen) atoms. The van der Waals surface area contributed by atoms with E-state index in [0.717, 1.165) is 5.39 Å². The predicted molar refractivity (Wildman–Crippen MR) is 94.1 cm³/mol. The van der Waals surface area contributed by atoms with Crippen LogP contribution in [0.3, 0.4) is 0 Å². The summed E-state index contributed by atoms with van der Waals surface area (Å²) in [6, 6.07) is 21.1. The summed E-state index contributed by atoms with van der Waals surface area (Å²) >= 11 is 0. The zero-order valence-corrected chi connectivity index (χ0v) is 14.0. The highest BCUT2D eigenvalue weighted by Crippen LogP contribution is 2.26. The van der Waals surface area contributed by atoms with Gasteiger partial charge in [-0.1, -0.05) is 66.7 Å². The van der Waals surface area contributed by atoms with Gasteiger partial charge in [0.05, 0.1) is 4.90 Å². The van der Waals surface area contributed by atoms with Crippen LogP contribution in [0.2, 0.25) is 0 Å². The first kappa shape index (κ1) is 16.4. The van der Waals surface area contributed by atoms with Crippen LogP contribution in [0, 0.1) is 0 Å². The Hall–Kier alpha value is -2.50. The maximum atomic E-state index is 12.9. The summed E-state index contributed by atoms with van der Waals surface area (Å²) in [5, 5.41) is 1.45. The van der Waals surface area contributed by atoms with Gasteiger partial charge in [0, 0.05) is 5.39 Å². The van der Waals surface area contributed by atoms with Crippen LogP contribution in [0.25, 0.3) is 10.8 Å². The van der Waals surface area contributed by atoms with Gasteiger partial charge in [0.15, 0.2) is 0 Å². The van der Waals surface area contributed by atoms with E-state index in [9.17, 15) is 13.2 Å². The average Bonchev–Trinajstić information content (AvgIpc) is 2.61. The van der Waals surface area contributed by atoms with Gasteiger partial charge in [-0.15, -0.1) is 0 Å². The van der Waals surface area contributed by atoms with Crippen molar-refractivity contribution in [2.45, 2.75) is 17.4 Å². The molecule has 0 heterocycles. The first-order valence-corrected chi connectivity index (χ1v) is 8.98. The molecule has 0 bridgehead atoms. The molecule has 0 amide bonds. The largest absolute Gasteiger partial charge is 0.301 e. The van der Waals surface area contributed by atoms with Gasteiger partial charge < -0.3 is 4.79 Å². The molecule has 122 valence electrons. The Kier molecular flexibility index (Phi) is 4.22. The SMILES string of the molecule is CC(C=O)(NS(=O)(=O)c1cccc2ccccc12)c1ccccc1. The van der Waals surface area contributed by atoms with Crippen molar-refractivity contribution in [3.8, 4) is 0 Å². The lowest BCUT2D eigenvalue weighted by Crippen LogP contribution is -2.44. The minimum Gasteiger partial charge on any atom is -0.301 e. The van der Waals surface area contributed by atoms with Crippen molar-refractivity contribution in [3.05, 3.63) is 78.4 Å². The van der Waals surface area contributed by atoms with Crippen molar-refractivity contribution < 1.29 is 13.2 Å². The molecule has 0 aliphatic carbocycles. The minimum absolute atomic E-state index is 0.157. The second kappa shape index (κ2) is 6.19. The monoisotopic (exact) mass is 339 g/mol. The van der Waals surface area contributed by atoms with E-state index in [1.165, 1.54) is 0 Å². The fourth-order valence-electron chi connectivity index (χ4n) is 2.70. The summed E-state index contributed by atoms with van der Waals surface area (Å²) < 4.78 is 28.4. The third-order valence-electron chi connectivity index (χ3n) is 3.99. The number of hydrogen-bond acceptors (Lipinski definition) is 3. The van der Waals surface area contributed by atoms with Crippen LogP contribution in [0.5, 0.6) is 0 Å². The summed E-state index contributed by atoms with van der Waals surface area (Å²) in [6.45, 7) is 1.55. The van der Waals surface area contributed by atoms with Crippen LogP contribution in [0.1, 0.15) is 12.5 Å². The normalized spacial score (nSPS) is 14.2. The molecule has 1 atom stereocenters. The molecular formula is C19H17NO3S. The number of carbonyl (C=O) groups excluding carboxylic acids is 1. The van der Waals surface area contributed by atoms with E-state index in [1.54, 1.807) is 55.5 Å². The van der Waals surface area contributed by atoms with Gasteiger partial charge in [0.2, 0.25) is 10.0 Å². The fraction of sp³-hybridized carbons (Fsp3) is 0.105. The van der Waals surface area contributed by atoms with Crippen molar-refractivity contribution in [2.75, 3.05) is 0 Å². The van der Waals surface area contributed by atoms with Gasteiger partial charge in [-0.3, -0.25) is 0 Å². The Morgan fingerprint density at radius 3 is 2.21 bits per heavy atom. The predicted octanol–water partition coefficient (Wildman–Crippen LogP) is 3.23. The van der Waals surface area contributed by atoms with Gasteiger partial charge in [-0.05, 0) is 23.9 Å². The maximum Gasteiger partial charge on any atom is 0.242 e. The molecule has 0 aliphatic rings. The molecule has 0 spiro atoms. The maximum absolute atomic E-state index is 12.9. The van der Waals surface area contributed by atoms with Crippen LogP contribution in [-0.4, -0.2) is 14.7 Å². The number of benzene rings is 3. The van der Waals surface area contributed by atoms with Crippen LogP contribution in [-0.2, 0) is 20.4 Å². The Bertz CT molecular complexity index is 978. The smallest absolute Gasteiger partial charge is 0.242 e. The average molecular weight is 339 g/mol. The van der Waals surface area contributed by atoms with Crippen LogP contribution in [0.15, 0.2) is 77.7 Å². The Morgan fingerprint density at radius 1 is 0.875 bits per heavy atom. The summed E-state index contributed by atoms with van der Waals surface area (Å²) in [5.74, 6) is 0. The van der Waals surface area contributed by atoms with E-state index in [0.29, 0.717) is 17.2 Å². The molecule has 1 N–H and O–H groups in total. The standard InChI is InChI=1S/C19H17NO3S/c1-19(14-21,16-10-3-2-4-11-16)20-24(22,23)18-13-7-9-15-8-5-6-12-17(15)18/h2-14,20H,1H3. The molecule has 3 aromatic rings. The van der Waals surface area contributed by atoms with Crippen molar-refractivity contribution >= 4 is 27.1 Å². The van der Waals surface area contributed by atoms with E-state index in [-0.39, 0.29) is 4.90 Å². The van der Waals surface area contributed by atoms with Crippen LogP contribution >= 0.6 is 0 Å². The third kappa shape index (κ3) is 2.96. The van der Waals surface area contributed by atoms with Crippen LogP contribution < -0.4 is 4.72 Å². The number of carbonyl (C=O) groups is 1.